The summed E-state index contributed by atoms with van der Waals surface area (Å²) in [6, 6.07) is 3.07. The molecular formula is C12H15NO4. The molecule has 3 N–H and O–H groups in total. The van der Waals surface area contributed by atoms with Gasteiger partial charge in [0.05, 0.1) is 18.6 Å². The summed E-state index contributed by atoms with van der Waals surface area (Å²) in [6.07, 6.45) is 0.138. The number of benzene rings is 1. The summed E-state index contributed by atoms with van der Waals surface area (Å²) in [5.74, 6) is -0.793. The lowest BCUT2D eigenvalue weighted by atomic mass is 10.1. The van der Waals surface area contributed by atoms with Crippen molar-refractivity contribution in [2.24, 2.45) is 5.73 Å². The first-order valence-corrected chi connectivity index (χ1v) is 5.17. The molecule has 5 heteroatoms. The molecule has 1 aromatic carbocycles. The average molecular weight is 237 g/mol. The quantitative estimate of drug-likeness (QED) is 0.806. The van der Waals surface area contributed by atoms with E-state index < -0.39 is 11.9 Å². The molecule has 1 amide bonds. The van der Waals surface area contributed by atoms with Crippen LogP contribution in [-0.2, 0) is 4.79 Å². The molecule has 0 heterocycles. The van der Waals surface area contributed by atoms with Gasteiger partial charge in [-0.2, -0.15) is 0 Å². The average Bonchev–Trinajstić information content (AvgIpc) is 2.21. The van der Waals surface area contributed by atoms with Crippen molar-refractivity contribution in [1.29, 1.82) is 0 Å². The van der Waals surface area contributed by atoms with Gasteiger partial charge in [-0.15, -0.1) is 0 Å². The molecule has 0 saturated heterocycles. The Morgan fingerprint density at radius 1 is 1.29 bits per heavy atom. The zero-order valence-electron chi connectivity index (χ0n) is 9.82. The first kappa shape index (κ1) is 13.0. The summed E-state index contributed by atoms with van der Waals surface area (Å²) < 4.78 is 5.42. The molecule has 0 radical (unpaired) electrons. The van der Waals surface area contributed by atoms with E-state index in [1.807, 2.05) is 0 Å². The van der Waals surface area contributed by atoms with Gasteiger partial charge in [-0.25, -0.2) is 4.79 Å². The summed E-state index contributed by atoms with van der Waals surface area (Å²) in [5, 5.41) is 8.87. The Hall–Kier alpha value is -2.04. The number of amides is 1. The van der Waals surface area contributed by atoms with Crippen LogP contribution in [0.4, 0.5) is 0 Å². The Labute approximate surface area is 99.2 Å². The molecule has 0 aromatic heterocycles. The second-order valence-corrected chi connectivity index (χ2v) is 3.81. The van der Waals surface area contributed by atoms with E-state index in [1.54, 1.807) is 13.8 Å². The highest BCUT2D eigenvalue weighted by Gasteiger charge is 2.10. The third-order valence-corrected chi connectivity index (χ3v) is 2.30. The number of aryl methyl sites for hydroxylation is 2. The van der Waals surface area contributed by atoms with Crippen molar-refractivity contribution in [3.8, 4) is 5.75 Å². The van der Waals surface area contributed by atoms with Gasteiger partial charge in [-0.1, -0.05) is 0 Å². The molecule has 0 spiro atoms. The number of hydrogen-bond acceptors (Lipinski definition) is 3. The molecule has 0 bridgehead atoms. The van der Waals surface area contributed by atoms with Crippen molar-refractivity contribution in [2.75, 3.05) is 6.61 Å². The molecule has 0 fully saturated rings. The second-order valence-electron chi connectivity index (χ2n) is 3.81. The van der Waals surface area contributed by atoms with Crippen LogP contribution >= 0.6 is 0 Å². The van der Waals surface area contributed by atoms with E-state index in [0.717, 1.165) is 11.1 Å². The number of ether oxygens (including phenoxy) is 1. The Kier molecular flexibility index (Phi) is 4.09. The first-order chi connectivity index (χ1) is 7.91. The van der Waals surface area contributed by atoms with E-state index in [4.69, 9.17) is 15.6 Å². The fourth-order valence-electron chi connectivity index (χ4n) is 1.56. The minimum absolute atomic E-state index is 0.138. The van der Waals surface area contributed by atoms with Crippen molar-refractivity contribution in [2.45, 2.75) is 20.3 Å². The maximum absolute atomic E-state index is 10.8. The molecule has 17 heavy (non-hydrogen) atoms. The van der Waals surface area contributed by atoms with Gasteiger partial charge in [0.15, 0.2) is 0 Å². The van der Waals surface area contributed by atoms with E-state index in [0.29, 0.717) is 5.75 Å². The smallest absolute Gasteiger partial charge is 0.335 e. The summed E-state index contributed by atoms with van der Waals surface area (Å²) in [5.41, 5.74) is 6.68. The highest BCUT2D eigenvalue weighted by molar-refractivity contribution is 5.88. The van der Waals surface area contributed by atoms with Gasteiger partial charge < -0.3 is 15.6 Å². The van der Waals surface area contributed by atoms with Crippen LogP contribution in [0.3, 0.4) is 0 Å². The van der Waals surface area contributed by atoms with Crippen LogP contribution in [0.15, 0.2) is 12.1 Å². The number of hydrogen-bond donors (Lipinski definition) is 2. The predicted octanol–water partition coefficient (Wildman–Crippen LogP) is 1.26. The van der Waals surface area contributed by atoms with Crippen LogP contribution in [0.1, 0.15) is 27.9 Å². The lowest BCUT2D eigenvalue weighted by Gasteiger charge is -2.12. The van der Waals surface area contributed by atoms with Gasteiger partial charge in [-0.05, 0) is 37.1 Å². The number of carboxylic acids is 1. The third-order valence-electron chi connectivity index (χ3n) is 2.30. The largest absolute Gasteiger partial charge is 0.493 e. The van der Waals surface area contributed by atoms with E-state index in [-0.39, 0.29) is 18.6 Å². The minimum Gasteiger partial charge on any atom is -0.493 e. The summed E-state index contributed by atoms with van der Waals surface area (Å²) >= 11 is 0. The monoisotopic (exact) mass is 237 g/mol. The fourth-order valence-corrected chi connectivity index (χ4v) is 1.56. The van der Waals surface area contributed by atoms with Gasteiger partial charge in [0.25, 0.3) is 0 Å². The van der Waals surface area contributed by atoms with Crippen molar-refractivity contribution < 1.29 is 19.4 Å². The van der Waals surface area contributed by atoms with Crippen molar-refractivity contribution in [1.82, 2.24) is 0 Å². The second kappa shape index (κ2) is 5.34. The first-order valence-electron chi connectivity index (χ1n) is 5.17. The van der Waals surface area contributed by atoms with Crippen molar-refractivity contribution in [3.63, 3.8) is 0 Å². The Bertz CT molecular complexity index is 431. The lowest BCUT2D eigenvalue weighted by molar-refractivity contribution is -0.118. The highest BCUT2D eigenvalue weighted by Crippen LogP contribution is 2.24. The third kappa shape index (κ3) is 3.48. The lowest BCUT2D eigenvalue weighted by Crippen LogP contribution is -2.15. The molecule has 0 aliphatic rings. The van der Waals surface area contributed by atoms with E-state index in [1.165, 1.54) is 12.1 Å². The maximum atomic E-state index is 10.8. The van der Waals surface area contributed by atoms with Crippen molar-refractivity contribution >= 4 is 11.9 Å². The molecule has 1 aromatic rings. The zero-order valence-corrected chi connectivity index (χ0v) is 9.82. The zero-order chi connectivity index (χ0) is 13.0. The maximum Gasteiger partial charge on any atom is 0.335 e. The van der Waals surface area contributed by atoms with Crippen LogP contribution in [0.2, 0.25) is 0 Å². The molecule has 0 saturated carbocycles. The van der Waals surface area contributed by atoms with Gasteiger partial charge in [0, 0.05) is 0 Å². The van der Waals surface area contributed by atoms with E-state index in [9.17, 15) is 9.59 Å². The highest BCUT2D eigenvalue weighted by atomic mass is 16.5. The normalized spacial score (nSPS) is 10.0. The van der Waals surface area contributed by atoms with E-state index in [2.05, 4.69) is 0 Å². The van der Waals surface area contributed by atoms with Gasteiger partial charge in [0.2, 0.25) is 5.91 Å². The van der Waals surface area contributed by atoms with Crippen LogP contribution in [-0.4, -0.2) is 23.6 Å². The molecule has 92 valence electrons. The molecular weight excluding hydrogens is 222 g/mol. The van der Waals surface area contributed by atoms with Crippen molar-refractivity contribution in [3.05, 3.63) is 28.8 Å². The van der Waals surface area contributed by atoms with E-state index >= 15 is 0 Å². The molecule has 0 aliphatic carbocycles. The molecule has 0 unspecified atom stereocenters. The Morgan fingerprint density at radius 3 is 2.24 bits per heavy atom. The SMILES string of the molecule is Cc1cc(C(=O)O)cc(C)c1OCCC(N)=O. The van der Waals surface area contributed by atoms with Gasteiger partial charge in [0.1, 0.15) is 5.75 Å². The number of primary amides is 1. The van der Waals surface area contributed by atoms with Crippen LogP contribution in [0.5, 0.6) is 5.75 Å². The molecule has 5 nitrogen and oxygen atoms in total. The number of nitrogens with two attached hydrogens (primary N) is 1. The standard InChI is InChI=1S/C12H15NO4/c1-7-5-9(12(15)16)6-8(2)11(7)17-4-3-10(13)14/h5-6H,3-4H2,1-2H3,(H2,13,14)(H,15,16). The van der Waals surface area contributed by atoms with Crippen LogP contribution in [0, 0.1) is 13.8 Å². The Balaban J connectivity index is 2.86. The molecule has 0 atom stereocenters. The minimum atomic E-state index is -0.972. The predicted molar refractivity (Wildman–Crippen MR) is 62.2 cm³/mol. The van der Waals surface area contributed by atoms with Gasteiger partial charge in [-0.3, -0.25) is 4.79 Å². The van der Waals surface area contributed by atoms with Crippen LogP contribution < -0.4 is 10.5 Å². The van der Waals surface area contributed by atoms with Gasteiger partial charge >= 0.3 is 5.97 Å². The summed E-state index contributed by atoms with van der Waals surface area (Å²) in [4.78, 5) is 21.4. The number of carbonyl (C=O) groups excluding carboxylic acids is 1. The Morgan fingerprint density at radius 2 is 1.82 bits per heavy atom. The number of carbonyl (C=O) groups is 2. The summed E-state index contributed by atoms with van der Waals surface area (Å²) in [7, 11) is 0. The number of aromatic carboxylic acids is 1. The fraction of sp³-hybridized carbons (Fsp3) is 0.333. The topological polar surface area (TPSA) is 89.6 Å². The number of rotatable bonds is 5. The number of carboxylic acid groups (broad SMARTS) is 1. The molecule has 0 aliphatic heterocycles. The molecule has 1 rings (SSSR count). The van der Waals surface area contributed by atoms with Crippen LogP contribution in [0.25, 0.3) is 0 Å². The summed E-state index contributed by atoms with van der Waals surface area (Å²) in [6.45, 7) is 3.72.